The molecule has 0 bridgehead atoms. The van der Waals surface area contributed by atoms with Gasteiger partial charge in [-0.3, -0.25) is 0 Å². The molecule has 7 heteroatoms. The molecule has 2 aromatic carbocycles. The average molecular weight is 352 g/mol. The third-order valence-electron chi connectivity index (χ3n) is 4.17. The van der Waals surface area contributed by atoms with Crippen LogP contribution in [-0.4, -0.2) is 26.9 Å². The lowest BCUT2D eigenvalue weighted by Crippen LogP contribution is -2.31. The number of nitrogen functional groups attached to an aromatic ring is 1. The van der Waals surface area contributed by atoms with Crippen LogP contribution in [0, 0.1) is 0 Å². The van der Waals surface area contributed by atoms with Crippen molar-refractivity contribution >= 4 is 27.3 Å². The Kier molecular flexibility index (Phi) is 4.10. The van der Waals surface area contributed by atoms with Gasteiger partial charge in [-0.2, -0.15) is 0 Å². The van der Waals surface area contributed by atoms with E-state index in [1.807, 2.05) is 19.2 Å². The highest BCUT2D eigenvalue weighted by Crippen LogP contribution is 2.38. The molecular formula is C16H18ClN3O2S. The van der Waals surface area contributed by atoms with Crippen molar-refractivity contribution in [2.75, 3.05) is 19.3 Å². The number of benzene rings is 2. The van der Waals surface area contributed by atoms with Crippen molar-refractivity contribution < 1.29 is 8.42 Å². The van der Waals surface area contributed by atoms with Crippen LogP contribution in [0.25, 0.3) is 0 Å². The second-order valence-electron chi connectivity index (χ2n) is 5.93. The summed E-state index contributed by atoms with van der Waals surface area (Å²) < 4.78 is 23.2. The summed E-state index contributed by atoms with van der Waals surface area (Å²) in [6.07, 6.45) is 0. The maximum Gasteiger partial charge on any atom is 0.238 e. The maximum absolute atomic E-state index is 11.6. The van der Waals surface area contributed by atoms with Crippen LogP contribution in [0.5, 0.6) is 0 Å². The van der Waals surface area contributed by atoms with Crippen molar-refractivity contribution in [3.8, 4) is 0 Å². The van der Waals surface area contributed by atoms with E-state index in [2.05, 4.69) is 4.90 Å². The molecule has 5 nitrogen and oxygen atoms in total. The lowest BCUT2D eigenvalue weighted by Gasteiger charge is -2.33. The van der Waals surface area contributed by atoms with E-state index < -0.39 is 10.0 Å². The first kappa shape index (κ1) is 16.3. The van der Waals surface area contributed by atoms with E-state index in [4.69, 9.17) is 22.5 Å². The number of sulfonamides is 1. The van der Waals surface area contributed by atoms with Crippen LogP contribution in [0.2, 0.25) is 5.02 Å². The number of likely N-dealkylation sites (N-methyl/N-ethyl adjacent to an activating group) is 1. The molecule has 23 heavy (non-hydrogen) atoms. The smallest absolute Gasteiger partial charge is 0.238 e. The largest absolute Gasteiger partial charge is 0.398 e. The second-order valence-corrected chi connectivity index (χ2v) is 7.93. The van der Waals surface area contributed by atoms with Crippen LogP contribution < -0.4 is 10.9 Å². The number of nitrogens with zero attached hydrogens (tertiary/aromatic N) is 1. The molecule has 0 aromatic heterocycles. The predicted octanol–water partition coefficient (Wildman–Crippen LogP) is 2.15. The van der Waals surface area contributed by atoms with Gasteiger partial charge in [0.1, 0.15) is 0 Å². The highest BCUT2D eigenvalue weighted by Gasteiger charge is 2.27. The summed E-state index contributed by atoms with van der Waals surface area (Å²) in [5, 5.41) is 5.83. The molecule has 0 fully saturated rings. The molecule has 3 rings (SSSR count). The number of anilines is 1. The van der Waals surface area contributed by atoms with Gasteiger partial charge in [-0.1, -0.05) is 23.7 Å². The quantitative estimate of drug-likeness (QED) is 0.811. The normalized spacial score (nSPS) is 18.7. The van der Waals surface area contributed by atoms with E-state index in [0.29, 0.717) is 10.7 Å². The van der Waals surface area contributed by atoms with Gasteiger partial charge in [0.2, 0.25) is 10.0 Å². The third kappa shape index (κ3) is 3.21. The zero-order chi connectivity index (χ0) is 16.8. The van der Waals surface area contributed by atoms with E-state index >= 15 is 0 Å². The summed E-state index contributed by atoms with van der Waals surface area (Å²) in [4.78, 5) is 2.26. The Morgan fingerprint density at radius 1 is 1.26 bits per heavy atom. The van der Waals surface area contributed by atoms with Crippen LogP contribution >= 0.6 is 11.6 Å². The first-order valence-corrected chi connectivity index (χ1v) is 9.07. The lowest BCUT2D eigenvalue weighted by atomic mass is 9.84. The van der Waals surface area contributed by atoms with Crippen molar-refractivity contribution in [1.82, 2.24) is 4.90 Å². The van der Waals surface area contributed by atoms with Gasteiger partial charge in [0.15, 0.2) is 0 Å². The summed E-state index contributed by atoms with van der Waals surface area (Å²) in [5.41, 5.74) is 9.73. The number of halogens is 1. The van der Waals surface area contributed by atoms with Crippen molar-refractivity contribution in [1.29, 1.82) is 0 Å². The van der Waals surface area contributed by atoms with Crippen molar-refractivity contribution in [2.24, 2.45) is 5.14 Å². The van der Waals surface area contributed by atoms with Gasteiger partial charge >= 0.3 is 0 Å². The summed E-state index contributed by atoms with van der Waals surface area (Å²) in [5.74, 6) is -0.00792. The molecule has 1 aliphatic heterocycles. The number of fused-ring (bicyclic) bond motifs is 1. The fourth-order valence-electron chi connectivity index (χ4n) is 3.11. The fourth-order valence-corrected chi connectivity index (χ4v) is 3.91. The standard InChI is InChI=1S/C16H18ClN3O2S/c1-20-8-14(10-3-2-4-12(5-10)23(19,21)22)13-6-11(17)7-16(18)15(13)9-20/h2-7,14H,8-9,18H2,1H3,(H2,19,21,22). The summed E-state index contributed by atoms with van der Waals surface area (Å²) >= 11 is 6.17. The zero-order valence-corrected chi connectivity index (χ0v) is 14.2. The molecular weight excluding hydrogens is 334 g/mol. The van der Waals surface area contributed by atoms with Gasteiger partial charge in [0, 0.05) is 29.7 Å². The Labute approximate surface area is 140 Å². The van der Waals surface area contributed by atoms with E-state index in [1.54, 1.807) is 18.2 Å². The Morgan fingerprint density at radius 2 is 2.00 bits per heavy atom. The molecule has 2 aromatic rings. The van der Waals surface area contributed by atoms with Crippen molar-refractivity contribution in [2.45, 2.75) is 17.4 Å². The Hall–Kier alpha value is -1.60. The molecule has 122 valence electrons. The molecule has 0 amide bonds. The van der Waals surface area contributed by atoms with E-state index in [9.17, 15) is 8.42 Å². The van der Waals surface area contributed by atoms with Crippen LogP contribution in [0.15, 0.2) is 41.3 Å². The van der Waals surface area contributed by atoms with E-state index in [1.165, 1.54) is 6.07 Å². The monoisotopic (exact) mass is 351 g/mol. The highest BCUT2D eigenvalue weighted by molar-refractivity contribution is 7.89. The third-order valence-corrected chi connectivity index (χ3v) is 5.30. The molecule has 4 N–H and O–H groups in total. The summed E-state index contributed by atoms with van der Waals surface area (Å²) in [7, 11) is -1.73. The molecule has 1 aliphatic rings. The first-order chi connectivity index (χ1) is 10.8. The summed E-state index contributed by atoms with van der Waals surface area (Å²) in [6.45, 7) is 1.49. The minimum absolute atomic E-state index is 0.00792. The van der Waals surface area contributed by atoms with Gasteiger partial charge in [-0.05, 0) is 48.0 Å². The Bertz CT molecular complexity index is 868. The van der Waals surface area contributed by atoms with E-state index in [0.717, 1.165) is 29.8 Å². The fraction of sp³-hybridized carbons (Fsp3) is 0.250. The van der Waals surface area contributed by atoms with Crippen LogP contribution in [-0.2, 0) is 16.6 Å². The molecule has 0 radical (unpaired) electrons. The predicted molar refractivity (Wildman–Crippen MR) is 91.9 cm³/mol. The lowest BCUT2D eigenvalue weighted by molar-refractivity contribution is 0.296. The number of primary sulfonamides is 1. The van der Waals surface area contributed by atoms with Crippen molar-refractivity contribution in [3.05, 3.63) is 58.1 Å². The average Bonchev–Trinajstić information content (AvgIpc) is 2.47. The molecule has 1 heterocycles. The maximum atomic E-state index is 11.6. The molecule has 1 atom stereocenters. The summed E-state index contributed by atoms with van der Waals surface area (Å²) in [6, 6.07) is 10.4. The molecule has 0 aliphatic carbocycles. The van der Waals surface area contributed by atoms with Crippen LogP contribution in [0.3, 0.4) is 0 Å². The van der Waals surface area contributed by atoms with Crippen molar-refractivity contribution in [3.63, 3.8) is 0 Å². The zero-order valence-electron chi connectivity index (χ0n) is 12.7. The van der Waals surface area contributed by atoms with Gasteiger partial charge in [-0.15, -0.1) is 0 Å². The van der Waals surface area contributed by atoms with Gasteiger partial charge in [0.25, 0.3) is 0 Å². The number of hydrogen-bond donors (Lipinski definition) is 2. The number of hydrogen-bond acceptors (Lipinski definition) is 4. The minimum Gasteiger partial charge on any atom is -0.398 e. The SMILES string of the molecule is CN1Cc2c(N)cc(Cl)cc2C(c2cccc(S(N)(=O)=O)c2)C1. The number of nitrogens with two attached hydrogens (primary N) is 2. The van der Waals surface area contributed by atoms with Gasteiger partial charge in [0.05, 0.1) is 4.90 Å². The second kappa shape index (κ2) is 5.79. The molecule has 1 unspecified atom stereocenters. The molecule has 0 spiro atoms. The van der Waals surface area contributed by atoms with Gasteiger partial charge < -0.3 is 10.6 Å². The first-order valence-electron chi connectivity index (χ1n) is 7.15. The van der Waals surface area contributed by atoms with Gasteiger partial charge in [-0.25, -0.2) is 13.6 Å². The molecule has 0 saturated carbocycles. The van der Waals surface area contributed by atoms with E-state index in [-0.39, 0.29) is 10.8 Å². The molecule has 0 saturated heterocycles. The Morgan fingerprint density at radius 3 is 2.70 bits per heavy atom. The van der Waals surface area contributed by atoms with Crippen LogP contribution in [0.4, 0.5) is 5.69 Å². The topological polar surface area (TPSA) is 89.4 Å². The Balaban J connectivity index is 2.15. The highest BCUT2D eigenvalue weighted by atomic mass is 35.5. The van der Waals surface area contributed by atoms with Crippen LogP contribution in [0.1, 0.15) is 22.6 Å². The number of rotatable bonds is 2. The minimum atomic E-state index is -3.74.